The lowest BCUT2D eigenvalue weighted by molar-refractivity contribution is -0.145. The van der Waals surface area contributed by atoms with E-state index in [4.69, 9.17) is 21.3 Å². The molecule has 3 aliphatic heterocycles. The number of rotatable bonds is 8. The Kier molecular flexibility index (Phi) is 17.3. The van der Waals surface area contributed by atoms with Gasteiger partial charge in [-0.1, -0.05) is 99.1 Å². The first kappa shape index (κ1) is 54.5. The van der Waals surface area contributed by atoms with Gasteiger partial charge in [0.25, 0.3) is 0 Å². The molecule has 2 aromatic heterocycles. The first-order valence-electron chi connectivity index (χ1n) is 25.3. The number of aliphatic hydroxyl groups excluding tert-OH is 1. The third-order valence-corrected chi connectivity index (χ3v) is 15.3. The van der Waals surface area contributed by atoms with E-state index in [9.17, 15) is 33.9 Å². The van der Waals surface area contributed by atoms with Crippen molar-refractivity contribution < 1.29 is 38.6 Å². The smallest absolute Gasteiger partial charge is 0.246 e. The highest BCUT2D eigenvalue weighted by molar-refractivity contribution is 7.15. The summed E-state index contributed by atoms with van der Waals surface area (Å²) in [6.07, 6.45) is -0.539. The lowest BCUT2D eigenvalue weighted by atomic mass is 9.85. The molecule has 6 N–H and O–H groups in total. The van der Waals surface area contributed by atoms with E-state index in [0.29, 0.717) is 28.8 Å². The molecule has 6 amide bonds. The van der Waals surface area contributed by atoms with Crippen LogP contribution < -0.4 is 26.6 Å². The van der Waals surface area contributed by atoms with Crippen molar-refractivity contribution in [3.05, 3.63) is 123 Å². The number of ether oxygens (including phenoxy) is 1. The number of aliphatic imine (C=N–C) groups is 1. The molecule has 0 spiro atoms. The fourth-order valence-corrected chi connectivity index (χ4v) is 11.0. The summed E-state index contributed by atoms with van der Waals surface area (Å²) in [6, 6.07) is 20.8. The maximum Gasteiger partial charge on any atom is 0.246 e. The number of aryl methyl sites for hydroxylation is 2. The number of nitrogens with zero attached hydrogens (tertiary/aromatic N) is 5. The maximum atomic E-state index is 14.3. The SMILES string of the molecule is Cc1sc2c(c1C)C(c1ccc(Cl)cc1)=N[C@@H](CC(=O)NC[C@H]1CCCNC(=O)[C@@H](Cc3ccc(-c4ccccc4)cc3)NC(=O)[C@@H]3C[C@@H](O)CN3C(=O)[C@H](C(C)(C)C)NC(=O)COCCNC1=O)c1nnc(C)n1-2. The van der Waals surface area contributed by atoms with Gasteiger partial charge in [0.15, 0.2) is 5.82 Å². The third-order valence-electron chi connectivity index (χ3n) is 13.9. The van der Waals surface area contributed by atoms with Crippen LogP contribution in [0.5, 0.6) is 0 Å². The Labute approximate surface area is 445 Å². The highest BCUT2D eigenvalue weighted by Gasteiger charge is 2.45. The Morgan fingerprint density at radius 1 is 0.867 bits per heavy atom. The van der Waals surface area contributed by atoms with Crippen molar-refractivity contribution in [2.75, 3.05) is 39.4 Å². The van der Waals surface area contributed by atoms with Gasteiger partial charge in [-0.05, 0) is 73.4 Å². The molecule has 3 aliphatic rings. The topological polar surface area (TPSA) is 238 Å². The van der Waals surface area contributed by atoms with Crippen molar-refractivity contribution in [3.8, 4) is 16.1 Å². The number of hydrogen-bond acceptors (Lipinski definition) is 12. The van der Waals surface area contributed by atoms with E-state index in [1.807, 2.05) is 85.1 Å². The largest absolute Gasteiger partial charge is 0.391 e. The Balaban J connectivity index is 1.01. The number of aliphatic hydroxyl groups is 1. The van der Waals surface area contributed by atoms with Gasteiger partial charge in [-0.3, -0.25) is 38.3 Å². The number of benzene rings is 3. The number of halogens is 1. The van der Waals surface area contributed by atoms with Crippen molar-refractivity contribution in [3.63, 3.8) is 0 Å². The van der Waals surface area contributed by atoms with Crippen molar-refractivity contribution in [2.45, 2.75) is 104 Å². The van der Waals surface area contributed by atoms with E-state index < -0.39 is 71.8 Å². The van der Waals surface area contributed by atoms with Crippen LogP contribution in [0.25, 0.3) is 16.1 Å². The van der Waals surface area contributed by atoms with E-state index in [0.717, 1.165) is 43.3 Å². The monoisotopic (exact) mass is 1060 g/mol. The molecule has 2 saturated heterocycles. The van der Waals surface area contributed by atoms with Gasteiger partial charge in [-0.15, -0.1) is 21.5 Å². The molecule has 396 valence electrons. The van der Waals surface area contributed by atoms with Crippen LogP contribution in [0.2, 0.25) is 5.02 Å². The zero-order chi connectivity index (χ0) is 53.6. The average Bonchev–Trinajstić information content (AvgIpc) is 4.05. The van der Waals surface area contributed by atoms with Crippen LogP contribution in [0.4, 0.5) is 0 Å². The molecule has 8 rings (SSSR count). The summed E-state index contributed by atoms with van der Waals surface area (Å²) in [4.78, 5) is 91.7. The maximum absolute atomic E-state index is 14.3. The minimum atomic E-state index is -1.13. The number of carbonyl (C=O) groups is 6. The van der Waals surface area contributed by atoms with Gasteiger partial charge in [0.1, 0.15) is 41.6 Å². The van der Waals surface area contributed by atoms with Gasteiger partial charge in [-0.2, -0.15) is 0 Å². The first-order chi connectivity index (χ1) is 35.9. The summed E-state index contributed by atoms with van der Waals surface area (Å²) in [5, 5.41) is 35.7. The van der Waals surface area contributed by atoms with Gasteiger partial charge in [0, 0.05) is 60.0 Å². The van der Waals surface area contributed by atoms with E-state index in [1.165, 1.54) is 4.90 Å². The predicted molar refractivity (Wildman–Crippen MR) is 285 cm³/mol. The minimum absolute atomic E-state index is 0.0341. The number of amides is 6. The Morgan fingerprint density at radius 2 is 1.56 bits per heavy atom. The molecule has 5 aromatic rings. The molecule has 0 bridgehead atoms. The van der Waals surface area contributed by atoms with E-state index in [-0.39, 0.29) is 70.3 Å². The van der Waals surface area contributed by atoms with E-state index >= 15 is 0 Å². The van der Waals surface area contributed by atoms with Gasteiger partial charge in [-0.25, -0.2) is 0 Å². The number of aromatic nitrogens is 3. The predicted octanol–water partition coefficient (Wildman–Crippen LogP) is 4.85. The third kappa shape index (κ3) is 13.0. The molecule has 3 aromatic carbocycles. The van der Waals surface area contributed by atoms with Crippen LogP contribution in [0.1, 0.15) is 91.3 Å². The molecular formula is C55H65ClN10O8S. The molecule has 0 aliphatic carbocycles. The van der Waals surface area contributed by atoms with Gasteiger partial charge >= 0.3 is 0 Å². The normalized spacial score (nSPS) is 22.5. The molecule has 20 heteroatoms. The van der Waals surface area contributed by atoms with Crippen LogP contribution in [-0.2, 0) is 39.9 Å². The number of carbonyl (C=O) groups excluding carboxylic acids is 6. The minimum Gasteiger partial charge on any atom is -0.391 e. The zero-order valence-corrected chi connectivity index (χ0v) is 44.6. The molecule has 18 nitrogen and oxygen atoms in total. The second-order valence-electron chi connectivity index (χ2n) is 20.5. The lowest BCUT2D eigenvalue weighted by Crippen LogP contribution is -2.59. The number of fused-ring (bicyclic) bond motifs is 4. The molecule has 5 heterocycles. The summed E-state index contributed by atoms with van der Waals surface area (Å²) in [5.74, 6) is -2.64. The molecule has 6 atom stereocenters. The summed E-state index contributed by atoms with van der Waals surface area (Å²) < 4.78 is 7.60. The van der Waals surface area contributed by atoms with Gasteiger partial charge < -0.3 is 41.3 Å². The van der Waals surface area contributed by atoms with E-state index in [1.54, 1.807) is 44.2 Å². The summed E-state index contributed by atoms with van der Waals surface area (Å²) in [7, 11) is 0. The Morgan fingerprint density at radius 3 is 2.28 bits per heavy atom. The summed E-state index contributed by atoms with van der Waals surface area (Å²) in [6.45, 7) is 10.8. The Hall–Kier alpha value is -6.80. The van der Waals surface area contributed by atoms with Crippen molar-refractivity contribution >= 4 is 64.1 Å². The molecule has 0 saturated carbocycles. The molecule has 0 unspecified atom stereocenters. The van der Waals surface area contributed by atoms with Crippen LogP contribution in [0.15, 0.2) is 83.9 Å². The van der Waals surface area contributed by atoms with Crippen molar-refractivity contribution in [2.24, 2.45) is 16.3 Å². The average molecular weight is 1060 g/mol. The first-order valence-corrected chi connectivity index (χ1v) is 26.5. The molecule has 75 heavy (non-hydrogen) atoms. The van der Waals surface area contributed by atoms with Crippen molar-refractivity contribution in [1.29, 1.82) is 0 Å². The lowest BCUT2D eigenvalue weighted by Gasteiger charge is -2.35. The van der Waals surface area contributed by atoms with Gasteiger partial charge in [0.2, 0.25) is 35.4 Å². The number of thiophene rings is 1. The highest BCUT2D eigenvalue weighted by Crippen LogP contribution is 2.40. The number of nitrogens with one attached hydrogen (secondary N) is 5. The second kappa shape index (κ2) is 23.8. The van der Waals surface area contributed by atoms with Crippen molar-refractivity contribution in [1.82, 2.24) is 46.2 Å². The van der Waals surface area contributed by atoms with Gasteiger partial charge in [0.05, 0.1) is 30.8 Å². The summed E-state index contributed by atoms with van der Waals surface area (Å²) in [5.41, 5.74) is 5.43. The quantitative estimate of drug-likeness (QED) is 0.124. The summed E-state index contributed by atoms with van der Waals surface area (Å²) >= 11 is 7.90. The molecule has 0 radical (unpaired) electrons. The number of hydrogen-bond donors (Lipinski definition) is 6. The fraction of sp³-hybridized carbons (Fsp3) is 0.436. The Bertz CT molecular complexity index is 2940. The van der Waals surface area contributed by atoms with Crippen LogP contribution >= 0.6 is 22.9 Å². The zero-order valence-electron chi connectivity index (χ0n) is 43.1. The van der Waals surface area contributed by atoms with Crippen LogP contribution in [0, 0.1) is 32.1 Å². The van der Waals surface area contributed by atoms with E-state index in [2.05, 4.69) is 43.7 Å². The fourth-order valence-electron chi connectivity index (χ4n) is 9.68. The highest BCUT2D eigenvalue weighted by atomic mass is 35.5. The van der Waals surface area contributed by atoms with Crippen LogP contribution in [-0.4, -0.2) is 130 Å². The molecule has 2 fully saturated rings. The standard InChI is InChI=1S/C55H65ClN10O8S/c1-31-32(2)75-54-46(31)47(37-18-20-39(56)21-19-37)60-41(49-64-63-33(3)66(49)54)27-44(68)59-28-38-13-10-22-57-51(71)42(25-34-14-16-36(17-15-34)35-11-8-7-9-12-35)61-52(72)43-26-40(67)29-65(43)53(73)48(55(4,5)6)62-45(69)30-74-24-23-58-50(38)70/h7-9,11-12,14-21,38,40-43,48,67H,10,13,22-30H2,1-6H3,(H,57,71)(H,58,70)(H,59,68)(H,61,72)(H,62,69)/t38-,40-,41+,42-,43+,48-/m1/s1. The van der Waals surface area contributed by atoms with Crippen LogP contribution in [0.3, 0.4) is 0 Å². The second-order valence-corrected chi connectivity index (χ2v) is 22.1. The molecular weight excluding hydrogens is 996 g/mol.